The lowest BCUT2D eigenvalue weighted by atomic mass is 10.1. The predicted molar refractivity (Wildman–Crippen MR) is 100.0 cm³/mol. The molecule has 5 nitrogen and oxygen atoms in total. The summed E-state index contributed by atoms with van der Waals surface area (Å²) in [6.07, 6.45) is 3.44. The number of phenolic OH excluding ortho intramolecular Hbond substituents is 1. The van der Waals surface area contributed by atoms with Gasteiger partial charge in [-0.3, -0.25) is 0 Å². The smallest absolute Gasteiger partial charge is 0.336 e. The maximum absolute atomic E-state index is 11.5. The molecule has 2 N–H and O–H groups in total. The summed E-state index contributed by atoms with van der Waals surface area (Å²) < 4.78 is 5.79. The molecule has 1 heterocycles. The second kappa shape index (κ2) is 6.94. The number of nitrogens with zero attached hydrogens (tertiary/aromatic N) is 1. The molecule has 0 spiro atoms. The Morgan fingerprint density at radius 3 is 2.68 bits per heavy atom. The Morgan fingerprint density at radius 1 is 1.20 bits per heavy atom. The molecule has 0 amide bonds. The molecule has 0 atom stereocenters. The van der Waals surface area contributed by atoms with E-state index in [1.165, 1.54) is 13.2 Å². The Balaban J connectivity index is 2.05. The van der Waals surface area contributed by atoms with Crippen LogP contribution in [0.4, 0.5) is 0 Å². The SMILES string of the molecule is COc1cc(Br)c(/C=C/c2cc(C(=O)O)c3ccccc3n2)cc1O. The van der Waals surface area contributed by atoms with Gasteiger partial charge in [-0.2, -0.15) is 0 Å². The third kappa shape index (κ3) is 3.49. The number of methoxy groups -OCH3 is 1. The van der Waals surface area contributed by atoms with Crippen molar-refractivity contribution >= 4 is 45.0 Å². The highest BCUT2D eigenvalue weighted by molar-refractivity contribution is 9.10. The minimum atomic E-state index is -1.00. The molecule has 25 heavy (non-hydrogen) atoms. The topological polar surface area (TPSA) is 79.7 Å². The lowest BCUT2D eigenvalue weighted by molar-refractivity contribution is 0.0699. The van der Waals surface area contributed by atoms with E-state index in [9.17, 15) is 15.0 Å². The zero-order chi connectivity index (χ0) is 18.0. The van der Waals surface area contributed by atoms with E-state index >= 15 is 0 Å². The molecule has 2 aromatic carbocycles. The molecule has 0 aliphatic carbocycles. The number of hydrogen-bond donors (Lipinski definition) is 2. The van der Waals surface area contributed by atoms with Gasteiger partial charge in [-0.25, -0.2) is 9.78 Å². The molecule has 3 aromatic rings. The van der Waals surface area contributed by atoms with Crippen molar-refractivity contribution in [1.29, 1.82) is 0 Å². The summed E-state index contributed by atoms with van der Waals surface area (Å²) in [7, 11) is 1.48. The van der Waals surface area contributed by atoms with Gasteiger partial charge in [-0.1, -0.05) is 40.2 Å². The van der Waals surface area contributed by atoms with Crippen LogP contribution < -0.4 is 4.74 Å². The molecular formula is C19H14BrNO4. The number of benzene rings is 2. The summed E-state index contributed by atoms with van der Waals surface area (Å²) in [6, 6.07) is 11.8. The average Bonchev–Trinajstić information content (AvgIpc) is 2.61. The summed E-state index contributed by atoms with van der Waals surface area (Å²) in [6.45, 7) is 0. The minimum Gasteiger partial charge on any atom is -0.504 e. The molecule has 0 saturated carbocycles. The number of carbonyl (C=O) groups is 1. The van der Waals surface area contributed by atoms with Gasteiger partial charge in [0.15, 0.2) is 11.5 Å². The zero-order valence-corrected chi connectivity index (χ0v) is 14.8. The van der Waals surface area contributed by atoms with Gasteiger partial charge >= 0.3 is 5.97 Å². The van der Waals surface area contributed by atoms with Gasteiger partial charge < -0.3 is 14.9 Å². The third-order valence-corrected chi connectivity index (χ3v) is 4.38. The summed E-state index contributed by atoms with van der Waals surface area (Å²) >= 11 is 3.42. The van der Waals surface area contributed by atoms with Crippen LogP contribution in [0.1, 0.15) is 21.6 Å². The first kappa shape index (κ1) is 17.0. The van der Waals surface area contributed by atoms with Gasteiger partial charge in [-0.15, -0.1) is 0 Å². The molecule has 126 valence electrons. The van der Waals surface area contributed by atoms with Crippen LogP contribution in [0.15, 0.2) is 46.9 Å². The first-order valence-electron chi connectivity index (χ1n) is 7.37. The van der Waals surface area contributed by atoms with Crippen LogP contribution in [0.2, 0.25) is 0 Å². The number of hydrogen-bond acceptors (Lipinski definition) is 4. The molecule has 0 radical (unpaired) electrons. The van der Waals surface area contributed by atoms with Gasteiger partial charge in [0.05, 0.1) is 23.9 Å². The number of rotatable bonds is 4. The molecule has 0 unspecified atom stereocenters. The van der Waals surface area contributed by atoms with Crippen molar-refractivity contribution in [3.8, 4) is 11.5 Å². The maximum atomic E-state index is 11.5. The molecule has 0 fully saturated rings. The number of halogens is 1. The quantitative estimate of drug-likeness (QED) is 0.670. The van der Waals surface area contributed by atoms with Crippen LogP contribution in [0.3, 0.4) is 0 Å². The molecule has 0 saturated heterocycles. The second-order valence-electron chi connectivity index (χ2n) is 5.30. The number of aromatic carboxylic acids is 1. The number of phenols is 1. The fourth-order valence-corrected chi connectivity index (χ4v) is 2.94. The fourth-order valence-electron chi connectivity index (χ4n) is 2.48. The predicted octanol–water partition coefficient (Wildman–Crippen LogP) is 4.58. The van der Waals surface area contributed by atoms with E-state index in [1.807, 2.05) is 6.07 Å². The van der Waals surface area contributed by atoms with Gasteiger partial charge in [0.2, 0.25) is 0 Å². The first-order chi connectivity index (χ1) is 12.0. The van der Waals surface area contributed by atoms with Crippen LogP contribution in [0, 0.1) is 0 Å². The highest BCUT2D eigenvalue weighted by Crippen LogP contribution is 2.33. The molecular weight excluding hydrogens is 386 g/mol. The van der Waals surface area contributed by atoms with E-state index in [4.69, 9.17) is 4.74 Å². The van der Waals surface area contributed by atoms with Crippen LogP contribution in [0.25, 0.3) is 23.1 Å². The van der Waals surface area contributed by atoms with Gasteiger partial charge in [0.1, 0.15) is 0 Å². The molecule has 0 bridgehead atoms. The minimum absolute atomic E-state index is 0.0167. The van der Waals surface area contributed by atoms with E-state index in [0.717, 1.165) is 4.47 Å². The Labute approximate surface area is 152 Å². The fraction of sp³-hybridized carbons (Fsp3) is 0.0526. The summed E-state index contributed by atoms with van der Waals surface area (Å²) in [5, 5.41) is 19.9. The normalized spacial score (nSPS) is 11.1. The molecule has 6 heteroatoms. The van der Waals surface area contributed by atoms with Crippen LogP contribution >= 0.6 is 15.9 Å². The molecule has 0 aliphatic rings. The molecule has 0 aliphatic heterocycles. The number of carboxylic acid groups (broad SMARTS) is 1. The van der Waals surface area contributed by atoms with Crippen molar-refractivity contribution in [2.24, 2.45) is 0 Å². The number of aromatic hydroxyl groups is 1. The Kier molecular flexibility index (Phi) is 4.72. The van der Waals surface area contributed by atoms with Crippen molar-refractivity contribution in [1.82, 2.24) is 4.98 Å². The van der Waals surface area contributed by atoms with Crippen LogP contribution in [-0.2, 0) is 0 Å². The molecule has 1 aromatic heterocycles. The Bertz CT molecular complexity index is 998. The van der Waals surface area contributed by atoms with Crippen molar-refractivity contribution < 1.29 is 19.7 Å². The van der Waals surface area contributed by atoms with Gasteiger partial charge in [-0.05, 0) is 35.9 Å². The number of aromatic nitrogens is 1. The monoisotopic (exact) mass is 399 g/mol. The summed E-state index contributed by atoms with van der Waals surface area (Å²) in [5.74, 6) is -0.624. The maximum Gasteiger partial charge on any atom is 0.336 e. The van der Waals surface area contributed by atoms with Crippen molar-refractivity contribution in [3.63, 3.8) is 0 Å². The van der Waals surface area contributed by atoms with E-state index in [1.54, 1.807) is 42.5 Å². The van der Waals surface area contributed by atoms with Crippen molar-refractivity contribution in [3.05, 3.63) is 63.8 Å². The van der Waals surface area contributed by atoms with Gasteiger partial charge in [0, 0.05) is 9.86 Å². The zero-order valence-electron chi connectivity index (χ0n) is 13.2. The van der Waals surface area contributed by atoms with Crippen LogP contribution in [-0.4, -0.2) is 28.3 Å². The van der Waals surface area contributed by atoms with Crippen LogP contribution in [0.5, 0.6) is 11.5 Å². The number of fused-ring (bicyclic) bond motifs is 1. The lowest BCUT2D eigenvalue weighted by Crippen LogP contribution is -2.00. The number of para-hydroxylation sites is 1. The summed E-state index contributed by atoms with van der Waals surface area (Å²) in [5.41, 5.74) is 2.03. The summed E-state index contributed by atoms with van der Waals surface area (Å²) in [4.78, 5) is 16.0. The number of carboxylic acids is 1. The Hall–Kier alpha value is -2.86. The van der Waals surface area contributed by atoms with Crippen molar-refractivity contribution in [2.75, 3.05) is 7.11 Å². The van der Waals surface area contributed by atoms with E-state index in [-0.39, 0.29) is 11.3 Å². The largest absolute Gasteiger partial charge is 0.504 e. The molecule has 3 rings (SSSR count). The number of ether oxygens (including phenoxy) is 1. The lowest BCUT2D eigenvalue weighted by Gasteiger charge is -2.07. The average molecular weight is 400 g/mol. The second-order valence-corrected chi connectivity index (χ2v) is 6.15. The highest BCUT2D eigenvalue weighted by Gasteiger charge is 2.11. The number of pyridine rings is 1. The first-order valence-corrected chi connectivity index (χ1v) is 8.16. The van der Waals surface area contributed by atoms with Crippen molar-refractivity contribution in [2.45, 2.75) is 0 Å². The van der Waals surface area contributed by atoms with E-state index in [2.05, 4.69) is 20.9 Å². The standard InChI is InChI=1S/C19H14BrNO4/c1-25-18-10-15(20)11(8-17(18)22)6-7-12-9-14(19(23)24)13-4-2-3-5-16(13)21-12/h2-10,22H,1H3,(H,23,24)/b7-6+. The Morgan fingerprint density at radius 2 is 1.96 bits per heavy atom. The highest BCUT2D eigenvalue weighted by atomic mass is 79.9. The van der Waals surface area contributed by atoms with E-state index < -0.39 is 5.97 Å². The van der Waals surface area contributed by atoms with Gasteiger partial charge in [0.25, 0.3) is 0 Å². The van der Waals surface area contributed by atoms with E-state index in [0.29, 0.717) is 27.9 Å². The third-order valence-electron chi connectivity index (χ3n) is 3.70.